The van der Waals surface area contributed by atoms with Gasteiger partial charge in [-0.1, -0.05) is 59.6 Å². The number of benzene rings is 2. The van der Waals surface area contributed by atoms with Gasteiger partial charge in [0.05, 0.1) is 5.39 Å². The highest BCUT2D eigenvalue weighted by molar-refractivity contribution is 6.90. The predicted octanol–water partition coefficient (Wildman–Crippen LogP) is 7.56. The molecule has 0 bridgehead atoms. The number of likely N-dealkylation sites (tertiary alicyclic amines) is 1. The molecule has 2 aromatic carbocycles. The number of fused-ring (bicyclic) bond motifs is 3. The van der Waals surface area contributed by atoms with Gasteiger partial charge in [0.25, 0.3) is 0 Å². The van der Waals surface area contributed by atoms with E-state index in [0.717, 1.165) is 55.2 Å². The lowest BCUT2D eigenvalue weighted by molar-refractivity contribution is 0.0512. The highest BCUT2D eigenvalue weighted by Gasteiger charge is 2.44. The van der Waals surface area contributed by atoms with Gasteiger partial charge in [-0.2, -0.15) is 9.97 Å². The number of ether oxygens (including phenoxy) is 3. The standard InChI is InChI=1S/C41H53FN6O3Si/c1-25(2)52(26(3)4,27(5)6)18-15-28-11-9-12-29-19-31(51-24-49-8)20-32(36(28)29)38-37(42)39-33(21-44-38)40(48-22-34-35(48)14-16-43-34)46-41(45-39)50-23-30-13-10-17-47(30)7/h9,11-12,19-21,25-27,30,34-35,43H,10,13-14,16-17,22-24H2,1-8H3/t30?,34-,35-/m1/s1. The Labute approximate surface area is 308 Å². The van der Waals surface area contributed by atoms with Gasteiger partial charge in [-0.25, -0.2) is 4.39 Å². The lowest BCUT2D eigenvalue weighted by Crippen LogP contribution is -2.61. The molecular weight excluding hydrogens is 672 g/mol. The Bertz CT molecular complexity index is 1990. The van der Waals surface area contributed by atoms with Gasteiger partial charge < -0.3 is 29.3 Å². The van der Waals surface area contributed by atoms with Crippen molar-refractivity contribution in [1.82, 2.24) is 25.2 Å². The molecule has 0 amide bonds. The van der Waals surface area contributed by atoms with Gasteiger partial charge in [-0.3, -0.25) is 4.98 Å². The van der Waals surface area contributed by atoms with Gasteiger partial charge in [0.1, 0.15) is 37.5 Å². The van der Waals surface area contributed by atoms with Crippen LogP contribution in [-0.4, -0.2) is 93.2 Å². The molecule has 3 fully saturated rings. The molecule has 0 spiro atoms. The van der Waals surface area contributed by atoms with E-state index in [1.807, 2.05) is 30.3 Å². The van der Waals surface area contributed by atoms with Crippen molar-refractivity contribution in [3.8, 4) is 34.5 Å². The van der Waals surface area contributed by atoms with Gasteiger partial charge in [-0.15, -0.1) is 5.54 Å². The summed E-state index contributed by atoms with van der Waals surface area (Å²) < 4.78 is 34.8. The third kappa shape index (κ3) is 6.53. The number of pyridine rings is 1. The highest BCUT2D eigenvalue weighted by atomic mass is 28.3. The quantitative estimate of drug-likeness (QED) is 0.0958. The molecular formula is C41H53FN6O3Si. The molecule has 3 aliphatic heterocycles. The molecule has 11 heteroatoms. The van der Waals surface area contributed by atoms with Crippen molar-refractivity contribution in [3.63, 3.8) is 0 Å². The van der Waals surface area contributed by atoms with Crippen LogP contribution >= 0.6 is 0 Å². The molecule has 0 radical (unpaired) electrons. The summed E-state index contributed by atoms with van der Waals surface area (Å²) in [5.41, 5.74) is 7.14. The topological polar surface area (TPSA) is 84.9 Å². The van der Waals surface area contributed by atoms with Crippen molar-refractivity contribution in [3.05, 3.63) is 47.9 Å². The smallest absolute Gasteiger partial charge is 0.319 e. The van der Waals surface area contributed by atoms with E-state index < -0.39 is 13.9 Å². The summed E-state index contributed by atoms with van der Waals surface area (Å²) in [5.74, 6) is 4.36. The SMILES string of the molecule is COCOc1cc(-c2ncc3c(N4C[C@H]5NCC[C@H]54)nc(OCC4CCCN4C)nc3c2F)c2c(C#C[Si](C(C)C)(C(C)C)C(C)C)cccc2c1. The minimum Gasteiger partial charge on any atom is -0.468 e. The number of nitrogens with zero attached hydrogens (tertiary/aromatic N) is 5. The number of likely N-dealkylation sites (N-methyl/N-ethyl adjacent to an activating group) is 1. The molecule has 4 aromatic rings. The number of nitrogens with one attached hydrogen (secondary N) is 1. The summed E-state index contributed by atoms with van der Waals surface area (Å²) in [6.45, 7) is 17.2. The van der Waals surface area contributed by atoms with Crippen LogP contribution in [0.4, 0.5) is 10.2 Å². The third-order valence-corrected chi connectivity index (χ3v) is 18.2. The summed E-state index contributed by atoms with van der Waals surface area (Å²) in [4.78, 5) is 19.1. The van der Waals surface area contributed by atoms with E-state index in [2.05, 4.69) is 75.2 Å². The molecule has 7 rings (SSSR count). The number of rotatable bonds is 11. The number of anilines is 1. The Morgan fingerprint density at radius 3 is 2.52 bits per heavy atom. The van der Waals surface area contributed by atoms with Crippen molar-refractivity contribution >= 4 is 35.6 Å². The first-order valence-corrected chi connectivity index (χ1v) is 21.2. The van der Waals surface area contributed by atoms with E-state index in [0.29, 0.717) is 57.8 Å². The second-order valence-electron chi connectivity index (χ2n) is 15.7. The fraction of sp³-hybridized carbons (Fsp3) is 0.537. The van der Waals surface area contributed by atoms with Gasteiger partial charge >= 0.3 is 6.01 Å². The molecule has 0 aliphatic carbocycles. The number of halogens is 1. The van der Waals surface area contributed by atoms with Crippen molar-refractivity contribution < 1.29 is 18.6 Å². The van der Waals surface area contributed by atoms with E-state index in [1.165, 1.54) is 0 Å². The number of hydrogen-bond acceptors (Lipinski definition) is 9. The van der Waals surface area contributed by atoms with E-state index in [9.17, 15) is 0 Å². The van der Waals surface area contributed by atoms with Crippen molar-refractivity contribution in [2.45, 2.75) is 95.6 Å². The average Bonchev–Trinajstić information content (AvgIpc) is 3.70. The van der Waals surface area contributed by atoms with E-state index >= 15 is 4.39 Å². The molecule has 3 saturated heterocycles. The molecule has 2 aromatic heterocycles. The zero-order chi connectivity index (χ0) is 36.7. The summed E-state index contributed by atoms with van der Waals surface area (Å²) in [6, 6.07) is 11.0. The van der Waals surface area contributed by atoms with Gasteiger partial charge in [0.2, 0.25) is 0 Å². The molecule has 9 nitrogen and oxygen atoms in total. The van der Waals surface area contributed by atoms with Crippen LogP contribution < -0.4 is 19.7 Å². The van der Waals surface area contributed by atoms with Crippen molar-refractivity contribution in [2.75, 3.05) is 52.1 Å². The van der Waals surface area contributed by atoms with Crippen LogP contribution in [0.25, 0.3) is 32.9 Å². The van der Waals surface area contributed by atoms with Gasteiger partial charge in [-0.05, 0) is 79.6 Å². The normalized spacial score (nSPS) is 20.5. The van der Waals surface area contributed by atoms with Gasteiger partial charge in [0.15, 0.2) is 12.6 Å². The monoisotopic (exact) mass is 724 g/mol. The molecule has 3 aliphatic rings. The fourth-order valence-electron chi connectivity index (χ4n) is 9.13. The fourth-order valence-corrected chi connectivity index (χ4v) is 14.3. The Balaban J connectivity index is 1.40. The summed E-state index contributed by atoms with van der Waals surface area (Å²) >= 11 is 0. The molecule has 5 heterocycles. The Kier molecular flexibility index (Phi) is 10.5. The molecule has 3 atom stereocenters. The average molecular weight is 725 g/mol. The zero-order valence-corrected chi connectivity index (χ0v) is 32.9. The minimum atomic E-state index is -2.06. The van der Waals surface area contributed by atoms with Crippen molar-refractivity contribution in [2.24, 2.45) is 0 Å². The Morgan fingerprint density at radius 1 is 1.04 bits per heavy atom. The maximum atomic E-state index is 17.4. The van der Waals surface area contributed by atoms with E-state index in [-0.39, 0.29) is 30.1 Å². The molecule has 52 heavy (non-hydrogen) atoms. The van der Waals surface area contributed by atoms with Gasteiger partial charge in [0, 0.05) is 54.5 Å². The number of methoxy groups -OCH3 is 1. The zero-order valence-electron chi connectivity index (χ0n) is 31.9. The van der Waals surface area contributed by atoms with Crippen LogP contribution in [0, 0.1) is 17.3 Å². The second kappa shape index (κ2) is 14.9. The first kappa shape index (κ1) is 36.5. The first-order valence-electron chi connectivity index (χ1n) is 18.9. The largest absolute Gasteiger partial charge is 0.468 e. The van der Waals surface area contributed by atoms with E-state index in [1.54, 1.807) is 13.3 Å². The van der Waals surface area contributed by atoms with E-state index in [4.69, 9.17) is 29.2 Å². The Morgan fingerprint density at radius 2 is 1.83 bits per heavy atom. The molecule has 1 unspecified atom stereocenters. The molecule has 276 valence electrons. The molecule has 0 saturated carbocycles. The number of hydrogen-bond donors (Lipinski definition) is 1. The number of aromatic nitrogens is 3. The maximum Gasteiger partial charge on any atom is 0.319 e. The summed E-state index contributed by atoms with van der Waals surface area (Å²) in [5, 5.41) is 5.87. The summed E-state index contributed by atoms with van der Waals surface area (Å²) in [7, 11) is 1.64. The summed E-state index contributed by atoms with van der Waals surface area (Å²) in [6.07, 6.45) is 4.91. The second-order valence-corrected chi connectivity index (χ2v) is 21.3. The van der Waals surface area contributed by atoms with Crippen LogP contribution in [0.15, 0.2) is 36.5 Å². The third-order valence-electron chi connectivity index (χ3n) is 11.9. The lowest BCUT2D eigenvalue weighted by Gasteiger charge is -2.45. The minimum absolute atomic E-state index is 0.0592. The Hall–Kier alpha value is -3.82. The lowest BCUT2D eigenvalue weighted by atomic mass is 9.95. The van der Waals surface area contributed by atoms with Crippen molar-refractivity contribution in [1.29, 1.82) is 0 Å². The maximum absolute atomic E-state index is 17.4. The van der Waals surface area contributed by atoms with Crippen LogP contribution in [0.1, 0.15) is 66.4 Å². The van der Waals surface area contributed by atoms with Crippen LogP contribution in [0.3, 0.4) is 0 Å². The highest BCUT2D eigenvalue weighted by Crippen LogP contribution is 2.43. The van der Waals surface area contributed by atoms with Crippen LogP contribution in [0.5, 0.6) is 11.8 Å². The van der Waals surface area contributed by atoms with Crippen LogP contribution in [0.2, 0.25) is 16.6 Å². The predicted molar refractivity (Wildman–Crippen MR) is 209 cm³/mol. The molecule has 1 N–H and O–H groups in total. The van der Waals surface area contributed by atoms with Crippen LogP contribution in [-0.2, 0) is 4.74 Å². The first-order chi connectivity index (χ1) is 25.0.